The van der Waals surface area contributed by atoms with E-state index in [1.54, 1.807) is 0 Å². The van der Waals surface area contributed by atoms with Gasteiger partial charge in [0, 0.05) is 12.5 Å². The second kappa shape index (κ2) is 4.63. The number of aliphatic hydroxyl groups is 1. The first kappa shape index (κ1) is 11.3. The van der Waals surface area contributed by atoms with Gasteiger partial charge >= 0.3 is 0 Å². The van der Waals surface area contributed by atoms with Gasteiger partial charge in [0.1, 0.15) is 0 Å². The predicted molar refractivity (Wildman–Crippen MR) is 59.2 cm³/mol. The smallest absolute Gasteiger partial charge is 0.0869 e. The van der Waals surface area contributed by atoms with Crippen LogP contribution in [0.1, 0.15) is 19.3 Å². The fourth-order valence-electron chi connectivity index (χ4n) is 1.68. The second-order valence-corrected chi connectivity index (χ2v) is 7.30. The van der Waals surface area contributed by atoms with Crippen LogP contribution in [0.5, 0.6) is 0 Å². The zero-order chi connectivity index (χ0) is 9.19. The molecule has 0 saturated heterocycles. The van der Waals surface area contributed by atoms with E-state index in [1.807, 2.05) is 0 Å². The first-order valence-corrected chi connectivity index (χ1v) is 6.31. The number of hydrogen-bond acceptors (Lipinski definition) is 1. The van der Waals surface area contributed by atoms with Crippen LogP contribution in [-0.4, -0.2) is 20.8 Å². The Morgan fingerprint density at radius 1 is 1.25 bits per heavy atom. The lowest BCUT2D eigenvalue weighted by Crippen LogP contribution is -1.91. The average Bonchev–Trinajstić information content (AvgIpc) is 2.51. The highest BCUT2D eigenvalue weighted by molar-refractivity contribution is 9.25. The molecule has 1 nitrogen and oxygen atoms in total. The quantitative estimate of drug-likeness (QED) is 0.772. The van der Waals surface area contributed by atoms with Gasteiger partial charge in [0.25, 0.3) is 0 Å². The molecule has 0 aliphatic heterocycles. The van der Waals surface area contributed by atoms with Crippen LogP contribution in [0.25, 0.3) is 0 Å². The summed E-state index contributed by atoms with van der Waals surface area (Å²) in [5.41, 5.74) is 0. The minimum absolute atomic E-state index is 0.0921. The number of halogens is 3. The average molecular weight is 320 g/mol. The van der Waals surface area contributed by atoms with Crippen LogP contribution >= 0.6 is 43.5 Å². The van der Waals surface area contributed by atoms with Crippen LogP contribution in [0.2, 0.25) is 0 Å². The highest BCUT2D eigenvalue weighted by Crippen LogP contribution is 2.65. The van der Waals surface area contributed by atoms with Crippen molar-refractivity contribution in [3.05, 3.63) is 0 Å². The Morgan fingerprint density at radius 3 is 2.33 bits per heavy atom. The number of alkyl halides is 3. The monoisotopic (exact) mass is 318 g/mol. The summed E-state index contributed by atoms with van der Waals surface area (Å²) in [6.45, 7) is 0.279. The van der Waals surface area contributed by atoms with E-state index in [-0.39, 0.29) is 9.84 Å². The normalized spacial score (nSPS) is 32.0. The molecule has 1 fully saturated rings. The van der Waals surface area contributed by atoms with E-state index in [1.165, 1.54) is 0 Å². The zero-order valence-corrected chi connectivity index (χ0v) is 10.7. The summed E-state index contributed by atoms with van der Waals surface area (Å²) < 4.78 is 0.0921. The lowest BCUT2D eigenvalue weighted by molar-refractivity contribution is 0.276. The van der Waals surface area contributed by atoms with Gasteiger partial charge in [-0.05, 0) is 31.1 Å². The molecule has 1 saturated carbocycles. The van der Waals surface area contributed by atoms with Crippen molar-refractivity contribution < 1.29 is 5.11 Å². The summed E-state index contributed by atoms with van der Waals surface area (Å²) in [4.78, 5) is 0. The van der Waals surface area contributed by atoms with E-state index < -0.39 is 0 Å². The Kier molecular flexibility index (Phi) is 4.35. The molecule has 0 bridgehead atoms. The molecule has 0 radical (unpaired) electrons. The topological polar surface area (TPSA) is 20.2 Å². The second-order valence-electron chi connectivity index (χ2n) is 3.23. The molecule has 72 valence electrons. The molecule has 1 N–H and O–H groups in total. The molecule has 1 rings (SSSR count). The number of hydrogen-bond donors (Lipinski definition) is 1. The van der Waals surface area contributed by atoms with Crippen molar-refractivity contribution in [2.24, 2.45) is 11.8 Å². The maximum atomic E-state index is 8.78. The molecule has 0 heterocycles. The van der Waals surface area contributed by atoms with E-state index in [9.17, 15) is 0 Å². The van der Waals surface area contributed by atoms with Crippen molar-refractivity contribution in [2.45, 2.75) is 22.5 Å². The highest BCUT2D eigenvalue weighted by atomic mass is 79.9. The maximum Gasteiger partial charge on any atom is 0.0869 e. The number of rotatable bonds is 5. The van der Waals surface area contributed by atoms with Gasteiger partial charge < -0.3 is 5.11 Å². The van der Waals surface area contributed by atoms with Crippen LogP contribution in [0.3, 0.4) is 0 Å². The van der Waals surface area contributed by atoms with E-state index in [0.29, 0.717) is 11.8 Å². The molecule has 1 aliphatic carbocycles. The van der Waals surface area contributed by atoms with Crippen LogP contribution in [0.15, 0.2) is 0 Å². The summed E-state index contributed by atoms with van der Waals surface area (Å²) in [6.07, 6.45) is 3.08. The van der Waals surface area contributed by atoms with Crippen LogP contribution in [-0.2, 0) is 0 Å². The maximum absolute atomic E-state index is 8.78. The molecule has 2 atom stereocenters. The third-order valence-corrected chi connectivity index (χ3v) is 5.07. The Bertz CT molecular complexity index is 152. The van der Waals surface area contributed by atoms with Gasteiger partial charge in [-0.3, -0.25) is 0 Å². The van der Waals surface area contributed by atoms with Gasteiger partial charge in [-0.1, -0.05) is 31.9 Å². The third kappa shape index (κ3) is 2.37. The molecule has 4 heteroatoms. The van der Waals surface area contributed by atoms with Gasteiger partial charge in [0.2, 0.25) is 0 Å². The van der Waals surface area contributed by atoms with Crippen molar-refractivity contribution in [1.29, 1.82) is 0 Å². The molecule has 0 aromatic carbocycles. The fraction of sp³-hybridized carbons (Fsp3) is 1.00. The summed E-state index contributed by atoms with van der Waals surface area (Å²) >= 11 is 12.8. The van der Waals surface area contributed by atoms with Crippen molar-refractivity contribution >= 4 is 43.5 Å². The lowest BCUT2D eigenvalue weighted by Gasteiger charge is -1.95. The van der Waals surface area contributed by atoms with Crippen molar-refractivity contribution in [2.75, 3.05) is 12.5 Å². The van der Waals surface area contributed by atoms with Crippen LogP contribution in [0, 0.1) is 11.8 Å². The van der Waals surface area contributed by atoms with Crippen LogP contribution in [0.4, 0.5) is 0 Å². The third-order valence-electron chi connectivity index (χ3n) is 2.45. The van der Waals surface area contributed by atoms with Gasteiger partial charge in [-0.25, -0.2) is 0 Å². The molecular formula is C8H13Br2ClO. The SMILES string of the molecule is OCCC1C(CCCCl)C1(Br)Br. The lowest BCUT2D eigenvalue weighted by atomic mass is 10.2. The minimum atomic E-state index is 0.0921. The molecule has 2 unspecified atom stereocenters. The van der Waals surface area contributed by atoms with E-state index in [0.717, 1.165) is 25.1 Å². The van der Waals surface area contributed by atoms with Gasteiger partial charge in [0.05, 0.1) is 3.23 Å². The molecular weight excluding hydrogens is 307 g/mol. The molecule has 0 spiro atoms. The van der Waals surface area contributed by atoms with E-state index in [4.69, 9.17) is 16.7 Å². The molecule has 12 heavy (non-hydrogen) atoms. The first-order chi connectivity index (χ1) is 5.64. The Labute approximate surface area is 95.1 Å². The van der Waals surface area contributed by atoms with Crippen molar-refractivity contribution in [3.8, 4) is 0 Å². The Hall–Kier alpha value is 1.21. The van der Waals surface area contributed by atoms with Crippen molar-refractivity contribution in [3.63, 3.8) is 0 Å². The molecule has 0 aromatic heterocycles. The largest absolute Gasteiger partial charge is 0.396 e. The van der Waals surface area contributed by atoms with E-state index >= 15 is 0 Å². The molecule has 0 aromatic rings. The van der Waals surface area contributed by atoms with Gasteiger partial charge in [-0.15, -0.1) is 11.6 Å². The highest BCUT2D eigenvalue weighted by Gasteiger charge is 2.60. The van der Waals surface area contributed by atoms with Gasteiger partial charge in [0.15, 0.2) is 0 Å². The fourth-order valence-corrected chi connectivity index (χ4v) is 3.77. The Balaban J connectivity index is 2.27. The predicted octanol–water partition coefficient (Wildman–Crippen LogP) is 3.12. The standard InChI is InChI=1S/C8H13Br2ClO/c9-8(10)6(2-1-4-11)7(8)3-5-12/h6-7,12H,1-5H2. The first-order valence-electron chi connectivity index (χ1n) is 4.19. The summed E-state index contributed by atoms with van der Waals surface area (Å²) in [6, 6.07) is 0. The Morgan fingerprint density at radius 2 is 1.83 bits per heavy atom. The zero-order valence-electron chi connectivity index (χ0n) is 6.77. The van der Waals surface area contributed by atoms with Gasteiger partial charge in [-0.2, -0.15) is 0 Å². The minimum Gasteiger partial charge on any atom is -0.396 e. The summed E-state index contributed by atoms with van der Waals surface area (Å²) in [5, 5.41) is 8.78. The summed E-state index contributed by atoms with van der Waals surface area (Å²) in [5.74, 6) is 1.95. The van der Waals surface area contributed by atoms with Crippen LogP contribution < -0.4 is 0 Å². The molecule has 0 amide bonds. The van der Waals surface area contributed by atoms with E-state index in [2.05, 4.69) is 31.9 Å². The number of aliphatic hydroxyl groups excluding tert-OH is 1. The summed E-state index contributed by atoms with van der Waals surface area (Å²) in [7, 11) is 0. The van der Waals surface area contributed by atoms with Crippen molar-refractivity contribution in [1.82, 2.24) is 0 Å². The molecule has 1 aliphatic rings.